The summed E-state index contributed by atoms with van der Waals surface area (Å²) >= 11 is 0. The van der Waals surface area contributed by atoms with Gasteiger partial charge in [0, 0.05) is 35.0 Å². The monoisotopic (exact) mass is 522 g/mol. The van der Waals surface area contributed by atoms with Crippen molar-refractivity contribution in [3.8, 4) is 28.6 Å². The first-order valence-electron chi connectivity index (χ1n) is 13.6. The van der Waals surface area contributed by atoms with Gasteiger partial charge in [-0.25, -0.2) is 0 Å². The molecular weight excluding hydrogens is 484 g/mol. The second-order valence-corrected chi connectivity index (χ2v) is 9.95. The number of benzene rings is 1. The maximum Gasteiger partial charge on any atom is 0.258 e. The third-order valence-electron chi connectivity index (χ3n) is 7.05. The third-order valence-corrected chi connectivity index (χ3v) is 7.05. The molecule has 1 saturated carbocycles. The van der Waals surface area contributed by atoms with E-state index in [9.17, 15) is 9.90 Å². The number of aliphatic hydroxyl groups excluding tert-OH is 2. The van der Waals surface area contributed by atoms with Gasteiger partial charge in [-0.3, -0.25) is 9.78 Å². The fraction of sp³-hybridized carbons (Fsp3) is 0.517. The van der Waals surface area contributed by atoms with Gasteiger partial charge in [0.2, 0.25) is 11.7 Å². The number of hydrogen-bond acceptors (Lipinski definition) is 8. The Morgan fingerprint density at radius 3 is 2.61 bits per heavy atom. The van der Waals surface area contributed by atoms with E-state index >= 15 is 0 Å². The first-order chi connectivity index (χ1) is 18.4. The Labute approximate surface area is 223 Å². The molecule has 9 nitrogen and oxygen atoms in total. The molecule has 4 rings (SSSR count). The molecule has 3 N–H and O–H groups in total. The molecule has 38 heavy (non-hydrogen) atoms. The number of aryl methyl sites for hydroxylation is 3. The van der Waals surface area contributed by atoms with Crippen LogP contribution in [0.4, 0.5) is 0 Å². The van der Waals surface area contributed by atoms with Gasteiger partial charge < -0.3 is 24.8 Å². The second kappa shape index (κ2) is 13.0. The maximum atomic E-state index is 11.2. The molecule has 0 saturated heterocycles. The number of aromatic nitrogens is 3. The minimum Gasteiger partial charge on any atom is -0.490 e. The van der Waals surface area contributed by atoms with Crippen molar-refractivity contribution in [1.82, 2.24) is 20.4 Å². The second-order valence-electron chi connectivity index (χ2n) is 9.95. The number of carbonyl (C=O) groups is 1. The van der Waals surface area contributed by atoms with Crippen LogP contribution in [-0.4, -0.2) is 57.1 Å². The lowest BCUT2D eigenvalue weighted by molar-refractivity contribution is -0.124. The highest BCUT2D eigenvalue weighted by Gasteiger charge is 2.21. The van der Waals surface area contributed by atoms with Crippen molar-refractivity contribution in [3.05, 3.63) is 46.8 Å². The van der Waals surface area contributed by atoms with Gasteiger partial charge in [0.1, 0.15) is 25.1 Å². The molecule has 1 aliphatic rings. The first kappa shape index (κ1) is 27.7. The Morgan fingerprint density at radius 2 is 1.89 bits per heavy atom. The quantitative estimate of drug-likeness (QED) is 0.343. The number of pyridine rings is 1. The Bertz CT molecular complexity index is 1240. The van der Waals surface area contributed by atoms with Gasteiger partial charge in [-0.05, 0) is 68.0 Å². The molecule has 0 spiro atoms. The van der Waals surface area contributed by atoms with Gasteiger partial charge >= 0.3 is 0 Å². The molecule has 0 radical (unpaired) electrons. The van der Waals surface area contributed by atoms with Crippen LogP contribution in [0.5, 0.6) is 5.75 Å². The summed E-state index contributed by atoms with van der Waals surface area (Å²) in [6.07, 6.45) is 6.81. The van der Waals surface area contributed by atoms with Crippen molar-refractivity contribution in [2.45, 2.75) is 77.7 Å². The average molecular weight is 523 g/mol. The Hall–Kier alpha value is -3.30. The molecule has 0 aliphatic heterocycles. The van der Waals surface area contributed by atoms with Crippen molar-refractivity contribution in [3.63, 3.8) is 0 Å². The summed E-state index contributed by atoms with van der Waals surface area (Å²) in [7, 11) is 0. The molecule has 0 bridgehead atoms. The Morgan fingerprint density at radius 1 is 1.11 bits per heavy atom. The summed E-state index contributed by atoms with van der Waals surface area (Å²) in [5, 5.41) is 25.6. The van der Waals surface area contributed by atoms with Crippen molar-refractivity contribution in [1.29, 1.82) is 0 Å². The number of aliphatic hydroxyl groups is 2. The molecular formula is C29H38N4O5. The lowest BCUT2D eigenvalue weighted by Crippen LogP contribution is -2.36. The average Bonchev–Trinajstić information content (AvgIpc) is 3.45. The van der Waals surface area contributed by atoms with Crippen LogP contribution < -0.4 is 10.1 Å². The molecule has 1 fully saturated rings. The van der Waals surface area contributed by atoms with Gasteiger partial charge in [-0.15, -0.1) is 0 Å². The highest BCUT2D eigenvalue weighted by molar-refractivity contribution is 5.76. The molecule has 204 valence electrons. The summed E-state index contributed by atoms with van der Waals surface area (Å²) in [4.78, 5) is 20.8. The highest BCUT2D eigenvalue weighted by Crippen LogP contribution is 2.35. The van der Waals surface area contributed by atoms with E-state index in [1.165, 1.54) is 32.1 Å². The molecule has 2 aromatic heterocycles. The first-order valence-corrected chi connectivity index (χ1v) is 13.6. The number of hydrogen-bond donors (Lipinski definition) is 3. The zero-order valence-corrected chi connectivity index (χ0v) is 22.5. The SMILES string of the molecule is CCc1cc(-c2nc(-c3cc(C)c(OC[C@@H](O)CNC(=O)CO)c(CC)c3)no2)cc(C2CCCCC2)n1. The van der Waals surface area contributed by atoms with Gasteiger partial charge in [-0.1, -0.05) is 38.3 Å². The zero-order chi connectivity index (χ0) is 27.1. The summed E-state index contributed by atoms with van der Waals surface area (Å²) in [5.41, 5.74) is 5.73. The van der Waals surface area contributed by atoms with Gasteiger partial charge in [0.15, 0.2) is 0 Å². The van der Waals surface area contributed by atoms with E-state index in [2.05, 4.69) is 23.5 Å². The van der Waals surface area contributed by atoms with E-state index in [1.54, 1.807) is 0 Å². The Kier molecular flexibility index (Phi) is 9.47. The van der Waals surface area contributed by atoms with Crippen LogP contribution in [0.1, 0.15) is 74.4 Å². The van der Waals surface area contributed by atoms with Crippen LogP contribution >= 0.6 is 0 Å². The molecule has 1 amide bonds. The number of ether oxygens (including phenoxy) is 1. The normalized spacial score (nSPS) is 14.9. The van der Waals surface area contributed by atoms with Gasteiger partial charge in [0.25, 0.3) is 5.89 Å². The van der Waals surface area contributed by atoms with Crippen molar-refractivity contribution >= 4 is 5.91 Å². The van der Waals surface area contributed by atoms with Crippen LogP contribution in [0.25, 0.3) is 22.8 Å². The number of nitrogens with zero attached hydrogens (tertiary/aromatic N) is 3. The molecule has 3 aromatic rings. The number of nitrogens with one attached hydrogen (secondary N) is 1. The Balaban J connectivity index is 1.53. The van der Waals surface area contributed by atoms with Gasteiger partial charge in [-0.2, -0.15) is 4.98 Å². The van der Waals surface area contributed by atoms with E-state index in [-0.39, 0.29) is 13.2 Å². The lowest BCUT2D eigenvalue weighted by atomic mass is 9.86. The molecule has 0 unspecified atom stereocenters. The van der Waals surface area contributed by atoms with E-state index in [4.69, 9.17) is 24.3 Å². The topological polar surface area (TPSA) is 131 Å². The van der Waals surface area contributed by atoms with Crippen LogP contribution in [0, 0.1) is 6.92 Å². The molecule has 1 aliphatic carbocycles. The largest absolute Gasteiger partial charge is 0.490 e. The highest BCUT2D eigenvalue weighted by atomic mass is 16.5. The van der Waals surface area contributed by atoms with Crippen LogP contribution in [-0.2, 0) is 17.6 Å². The molecule has 1 aromatic carbocycles. The predicted molar refractivity (Wildman–Crippen MR) is 144 cm³/mol. The summed E-state index contributed by atoms with van der Waals surface area (Å²) in [5.74, 6) is 1.62. The smallest absolute Gasteiger partial charge is 0.258 e. The number of carbonyl (C=O) groups excluding carboxylic acids is 1. The van der Waals surface area contributed by atoms with Crippen molar-refractivity contribution < 1.29 is 24.3 Å². The van der Waals surface area contributed by atoms with E-state index in [1.807, 2.05) is 32.0 Å². The molecule has 9 heteroatoms. The van der Waals surface area contributed by atoms with Crippen LogP contribution in [0.2, 0.25) is 0 Å². The minimum atomic E-state index is -0.902. The molecule has 2 heterocycles. The summed E-state index contributed by atoms with van der Waals surface area (Å²) in [6.45, 7) is 5.47. The van der Waals surface area contributed by atoms with Crippen molar-refractivity contribution in [2.24, 2.45) is 0 Å². The fourth-order valence-electron chi connectivity index (χ4n) is 4.95. The fourth-order valence-corrected chi connectivity index (χ4v) is 4.95. The van der Waals surface area contributed by atoms with E-state index in [0.29, 0.717) is 29.8 Å². The number of amides is 1. The van der Waals surface area contributed by atoms with Crippen LogP contribution in [0.15, 0.2) is 28.8 Å². The van der Waals surface area contributed by atoms with E-state index < -0.39 is 18.6 Å². The van der Waals surface area contributed by atoms with E-state index in [0.717, 1.165) is 40.1 Å². The predicted octanol–water partition coefficient (Wildman–Crippen LogP) is 4.13. The lowest BCUT2D eigenvalue weighted by Gasteiger charge is -2.21. The zero-order valence-electron chi connectivity index (χ0n) is 22.5. The summed E-state index contributed by atoms with van der Waals surface area (Å²) in [6, 6.07) is 8.08. The maximum absolute atomic E-state index is 11.2. The van der Waals surface area contributed by atoms with Crippen molar-refractivity contribution in [2.75, 3.05) is 19.8 Å². The van der Waals surface area contributed by atoms with Gasteiger partial charge in [0.05, 0.1) is 0 Å². The third kappa shape index (κ3) is 6.76. The number of rotatable bonds is 11. The van der Waals surface area contributed by atoms with Crippen LogP contribution in [0.3, 0.4) is 0 Å². The minimum absolute atomic E-state index is 0.000825. The standard InChI is InChI=1S/C29H38N4O5/c1-4-19-12-21(11-18(3)27(19)37-17-24(35)15-30-26(36)16-34)28-32-29(38-33-28)22-13-23(5-2)31-25(14-22)20-9-7-6-8-10-20/h11-14,20,24,34-35H,4-10,15-17H2,1-3H3,(H,30,36)/t24-/m0/s1. The molecule has 1 atom stereocenters. The summed E-state index contributed by atoms with van der Waals surface area (Å²) < 4.78 is 11.6.